The molecule has 0 saturated carbocycles. The largest absolute Gasteiger partial charge is 0.460 e. The average Bonchev–Trinajstić information content (AvgIpc) is 3.14. The van der Waals surface area contributed by atoms with Crippen molar-refractivity contribution in [2.45, 2.75) is 65.2 Å². The van der Waals surface area contributed by atoms with Crippen LogP contribution in [0.5, 0.6) is 0 Å². The minimum atomic E-state index is -0.631. The molecule has 8 heteroatoms. The van der Waals surface area contributed by atoms with Crippen LogP contribution in [-0.2, 0) is 24.9 Å². The van der Waals surface area contributed by atoms with E-state index in [2.05, 4.69) is 5.32 Å². The van der Waals surface area contributed by atoms with Gasteiger partial charge in [-0.3, -0.25) is 19.2 Å². The van der Waals surface area contributed by atoms with Crippen molar-refractivity contribution in [3.8, 4) is 0 Å². The van der Waals surface area contributed by atoms with E-state index in [1.807, 2.05) is 44.2 Å². The van der Waals surface area contributed by atoms with Crippen molar-refractivity contribution in [1.29, 1.82) is 0 Å². The fourth-order valence-corrected chi connectivity index (χ4v) is 4.70. The smallest absolute Gasteiger partial charge is 0.307 e. The van der Waals surface area contributed by atoms with Gasteiger partial charge in [-0.15, -0.1) is 0 Å². The summed E-state index contributed by atoms with van der Waals surface area (Å²) in [7, 11) is 0. The number of nitrogens with zero attached hydrogens (tertiary/aromatic N) is 1. The lowest BCUT2D eigenvalue weighted by molar-refractivity contribution is -0.157. The standard InChI is InChI=1S/C26H38N2O5S/c1-18(2)13-21(14-23(30)33-26(3,4)5)22(29)16-28(15-20-11-12-27-24(20)31)25(32)34-17-19-9-7-6-8-10-19/h6-10,18,20-21H,11-17H2,1-5H3,(H,27,31)/t20-,21+/m0/s1. The van der Waals surface area contributed by atoms with E-state index < -0.39 is 17.5 Å². The Morgan fingerprint density at radius 2 is 1.85 bits per heavy atom. The number of carbonyl (C=O) groups is 4. The fourth-order valence-electron chi connectivity index (χ4n) is 3.90. The van der Waals surface area contributed by atoms with Crippen LogP contribution >= 0.6 is 11.8 Å². The Hall–Kier alpha value is -2.35. The number of hydrogen-bond donors (Lipinski definition) is 1. The summed E-state index contributed by atoms with van der Waals surface area (Å²) in [6, 6.07) is 9.63. The van der Waals surface area contributed by atoms with E-state index in [-0.39, 0.29) is 48.3 Å². The minimum absolute atomic E-state index is 0.0165. The van der Waals surface area contributed by atoms with E-state index in [1.165, 1.54) is 4.90 Å². The van der Waals surface area contributed by atoms with Gasteiger partial charge in [0.15, 0.2) is 5.78 Å². The van der Waals surface area contributed by atoms with Crippen LogP contribution in [0.2, 0.25) is 0 Å². The van der Waals surface area contributed by atoms with Crippen LogP contribution < -0.4 is 5.32 Å². The van der Waals surface area contributed by atoms with E-state index in [0.29, 0.717) is 25.1 Å². The lowest BCUT2D eigenvalue weighted by Gasteiger charge is -2.27. The zero-order valence-corrected chi connectivity index (χ0v) is 21.8. The number of hydrogen-bond acceptors (Lipinski definition) is 6. The van der Waals surface area contributed by atoms with Crippen molar-refractivity contribution in [2.75, 3.05) is 19.6 Å². The number of amides is 2. The van der Waals surface area contributed by atoms with E-state index in [1.54, 1.807) is 20.8 Å². The SMILES string of the molecule is CC(C)C[C@H](CC(=O)OC(C)(C)C)C(=O)CN(C[C@@H]1CCNC1=O)C(=O)SCc1ccccc1. The highest BCUT2D eigenvalue weighted by molar-refractivity contribution is 8.12. The van der Waals surface area contributed by atoms with E-state index in [0.717, 1.165) is 17.3 Å². The number of ether oxygens (including phenoxy) is 1. The molecule has 0 bridgehead atoms. The molecule has 1 N–H and O–H groups in total. The molecule has 2 amide bonds. The second-order valence-electron chi connectivity index (χ2n) is 10.3. The van der Waals surface area contributed by atoms with Crippen LogP contribution in [0.25, 0.3) is 0 Å². The molecular weight excluding hydrogens is 452 g/mol. The zero-order valence-electron chi connectivity index (χ0n) is 21.0. The number of Topliss-reactive ketones (excluding diaryl/α,β-unsaturated/α-hetero) is 1. The molecule has 34 heavy (non-hydrogen) atoms. The molecule has 7 nitrogen and oxygen atoms in total. The van der Waals surface area contributed by atoms with Crippen LogP contribution in [0.1, 0.15) is 59.4 Å². The number of carbonyl (C=O) groups excluding carboxylic acids is 4. The highest BCUT2D eigenvalue weighted by Gasteiger charge is 2.32. The van der Waals surface area contributed by atoms with Gasteiger partial charge in [0.25, 0.3) is 5.24 Å². The quantitative estimate of drug-likeness (QED) is 0.461. The number of benzene rings is 1. The van der Waals surface area contributed by atoms with Gasteiger partial charge in [-0.1, -0.05) is 55.9 Å². The third-order valence-corrected chi connectivity index (χ3v) is 6.44. The lowest BCUT2D eigenvalue weighted by atomic mass is 9.90. The molecule has 1 aliphatic rings. The molecule has 0 unspecified atom stereocenters. The summed E-state index contributed by atoms with van der Waals surface area (Å²) in [4.78, 5) is 52.5. The first-order valence-corrected chi connectivity index (χ1v) is 12.9. The molecule has 0 radical (unpaired) electrons. The highest BCUT2D eigenvalue weighted by Crippen LogP contribution is 2.23. The van der Waals surface area contributed by atoms with Crippen molar-refractivity contribution in [3.05, 3.63) is 35.9 Å². The summed E-state index contributed by atoms with van der Waals surface area (Å²) in [5.74, 6) is -0.872. The van der Waals surface area contributed by atoms with E-state index in [9.17, 15) is 19.2 Å². The molecule has 1 saturated heterocycles. The maximum absolute atomic E-state index is 13.3. The van der Waals surface area contributed by atoms with Gasteiger partial charge in [-0.25, -0.2) is 0 Å². The van der Waals surface area contributed by atoms with E-state index >= 15 is 0 Å². The Labute approximate surface area is 207 Å². The van der Waals surface area contributed by atoms with Gasteiger partial charge >= 0.3 is 5.97 Å². The predicted molar refractivity (Wildman–Crippen MR) is 134 cm³/mol. The van der Waals surface area contributed by atoms with Crippen LogP contribution in [0.4, 0.5) is 4.79 Å². The minimum Gasteiger partial charge on any atom is -0.460 e. The Morgan fingerprint density at radius 1 is 1.18 bits per heavy atom. The molecule has 0 aliphatic carbocycles. The summed E-state index contributed by atoms with van der Waals surface area (Å²) >= 11 is 1.12. The van der Waals surface area contributed by atoms with Crippen molar-refractivity contribution >= 4 is 34.7 Å². The summed E-state index contributed by atoms with van der Waals surface area (Å²) in [6.07, 6.45) is 1.14. The maximum atomic E-state index is 13.3. The summed E-state index contributed by atoms with van der Waals surface area (Å²) < 4.78 is 5.43. The molecule has 1 fully saturated rings. The van der Waals surface area contributed by atoms with Gasteiger partial charge in [0.2, 0.25) is 5.91 Å². The molecule has 0 spiro atoms. The van der Waals surface area contributed by atoms with E-state index in [4.69, 9.17) is 4.74 Å². The molecule has 0 aromatic heterocycles. The first kappa shape index (κ1) is 27.9. The van der Waals surface area contributed by atoms with Gasteiger partial charge in [0, 0.05) is 24.8 Å². The number of rotatable bonds is 11. The van der Waals surface area contributed by atoms with Gasteiger partial charge < -0.3 is 15.0 Å². The number of thioether (sulfide) groups is 1. The predicted octanol–water partition coefficient (Wildman–Crippen LogP) is 4.44. The molecule has 188 valence electrons. The number of nitrogens with one attached hydrogen (secondary N) is 1. The monoisotopic (exact) mass is 490 g/mol. The van der Waals surface area contributed by atoms with Crippen LogP contribution in [0.15, 0.2) is 30.3 Å². The molecule has 2 rings (SSSR count). The molecule has 2 atom stereocenters. The van der Waals surface area contributed by atoms with Crippen molar-refractivity contribution < 1.29 is 23.9 Å². The maximum Gasteiger partial charge on any atom is 0.307 e. The second kappa shape index (κ2) is 12.9. The Morgan fingerprint density at radius 3 is 2.41 bits per heavy atom. The lowest BCUT2D eigenvalue weighted by Crippen LogP contribution is -2.41. The Balaban J connectivity index is 2.11. The zero-order chi connectivity index (χ0) is 25.3. The van der Waals surface area contributed by atoms with Gasteiger partial charge in [-0.05, 0) is 45.1 Å². The third-order valence-electron chi connectivity index (χ3n) is 5.46. The normalized spacial score (nSPS) is 16.8. The summed E-state index contributed by atoms with van der Waals surface area (Å²) in [5, 5.41) is 2.55. The average molecular weight is 491 g/mol. The second-order valence-corrected chi connectivity index (χ2v) is 11.2. The van der Waals surface area contributed by atoms with Crippen molar-refractivity contribution in [1.82, 2.24) is 10.2 Å². The summed E-state index contributed by atoms with van der Waals surface area (Å²) in [6.45, 7) is 10.0. The highest BCUT2D eigenvalue weighted by atomic mass is 32.2. The topological polar surface area (TPSA) is 92.8 Å². The Bertz CT molecular complexity index is 850. The van der Waals surface area contributed by atoms with Gasteiger partial charge in [-0.2, -0.15) is 0 Å². The first-order valence-electron chi connectivity index (χ1n) is 11.9. The van der Waals surface area contributed by atoms with Crippen LogP contribution in [-0.4, -0.2) is 53.0 Å². The third kappa shape index (κ3) is 9.87. The fraction of sp³-hybridized carbons (Fsp3) is 0.615. The molecule has 1 heterocycles. The first-order chi connectivity index (χ1) is 15.9. The molecular formula is C26H38N2O5S. The van der Waals surface area contributed by atoms with Gasteiger partial charge in [0.1, 0.15) is 5.60 Å². The summed E-state index contributed by atoms with van der Waals surface area (Å²) in [5.41, 5.74) is 0.377. The van der Waals surface area contributed by atoms with Crippen molar-refractivity contribution in [3.63, 3.8) is 0 Å². The van der Waals surface area contributed by atoms with Crippen LogP contribution in [0.3, 0.4) is 0 Å². The number of ketones is 1. The van der Waals surface area contributed by atoms with Crippen molar-refractivity contribution in [2.24, 2.45) is 17.8 Å². The molecule has 1 aromatic carbocycles. The Kier molecular flexibility index (Phi) is 10.6. The van der Waals surface area contributed by atoms with Crippen LogP contribution in [0, 0.1) is 17.8 Å². The molecule has 1 aromatic rings. The molecule has 1 aliphatic heterocycles. The number of esters is 1. The van der Waals surface area contributed by atoms with Gasteiger partial charge in [0.05, 0.1) is 18.9 Å².